The number of aliphatic hydroxyl groups excluding tert-OH is 2. The molecule has 5 heteroatoms. The van der Waals surface area contributed by atoms with Crippen molar-refractivity contribution in [1.29, 1.82) is 0 Å². The quantitative estimate of drug-likeness (QED) is 0.0446. The minimum atomic E-state index is -0.284. The second-order valence-electron chi connectivity index (χ2n) is 10.4. The molecule has 0 saturated heterocycles. The molecule has 0 saturated carbocycles. The van der Waals surface area contributed by atoms with E-state index in [0.717, 1.165) is 38.8 Å². The van der Waals surface area contributed by atoms with Crippen LogP contribution >= 0.6 is 0 Å². The zero-order valence-corrected chi connectivity index (χ0v) is 22.8. The predicted octanol–water partition coefficient (Wildman–Crippen LogP) is 7.25. The predicted molar refractivity (Wildman–Crippen MR) is 143 cm³/mol. The van der Waals surface area contributed by atoms with Crippen molar-refractivity contribution in [2.75, 3.05) is 33.2 Å². The molecule has 0 aliphatic rings. The van der Waals surface area contributed by atoms with Crippen molar-refractivity contribution in [3.8, 4) is 0 Å². The van der Waals surface area contributed by atoms with Gasteiger partial charge < -0.3 is 14.9 Å². The topological polar surface area (TPSA) is 66.8 Å². The van der Waals surface area contributed by atoms with Gasteiger partial charge >= 0.3 is 5.97 Å². The number of hydrogen-bond acceptors (Lipinski definition) is 4. The fourth-order valence-electron chi connectivity index (χ4n) is 4.45. The number of quaternary nitrogens is 1. The van der Waals surface area contributed by atoms with E-state index in [-0.39, 0.29) is 19.4 Å². The smallest absolute Gasteiger partial charge is 0.333 e. The molecule has 0 heterocycles. The van der Waals surface area contributed by atoms with Gasteiger partial charge in [0.25, 0.3) is 0 Å². The van der Waals surface area contributed by atoms with Crippen molar-refractivity contribution in [2.45, 2.75) is 136 Å². The first-order chi connectivity index (χ1) is 16.5. The van der Waals surface area contributed by atoms with Crippen LogP contribution in [0.2, 0.25) is 0 Å². The van der Waals surface area contributed by atoms with Gasteiger partial charge in [-0.05, 0) is 39.0 Å². The number of esters is 1. The molecule has 0 spiro atoms. The maximum atomic E-state index is 11.3. The molecule has 34 heavy (non-hydrogen) atoms. The Morgan fingerprint density at radius 3 is 1.35 bits per heavy atom. The molecule has 0 fully saturated rings. The Labute approximate surface area is 211 Å². The lowest BCUT2D eigenvalue weighted by Crippen LogP contribution is -2.50. The summed E-state index contributed by atoms with van der Waals surface area (Å²) >= 11 is 0. The highest BCUT2D eigenvalue weighted by atomic mass is 16.5. The molecule has 0 aliphatic heterocycles. The third kappa shape index (κ3) is 19.4. The lowest BCUT2D eigenvalue weighted by atomic mass is 10.1. The Morgan fingerprint density at radius 2 is 1.00 bits per heavy atom. The van der Waals surface area contributed by atoms with Crippen LogP contribution in [-0.4, -0.2) is 53.8 Å². The molecule has 0 unspecified atom stereocenters. The van der Waals surface area contributed by atoms with Gasteiger partial charge in [0.05, 0.1) is 19.7 Å². The molecule has 5 nitrogen and oxygen atoms in total. The first kappa shape index (κ1) is 33.1. The molecule has 0 radical (unpaired) electrons. The number of nitrogens with zero attached hydrogens (tertiary/aromatic N) is 1. The Balaban J connectivity index is 3.63. The summed E-state index contributed by atoms with van der Waals surface area (Å²) in [6.45, 7) is 9.90. The largest absolute Gasteiger partial charge is 0.462 e. The van der Waals surface area contributed by atoms with Crippen molar-refractivity contribution >= 4 is 5.97 Å². The number of unbranched alkanes of at least 4 members (excludes halogenated alkanes) is 17. The fourth-order valence-corrected chi connectivity index (χ4v) is 4.45. The molecule has 0 bridgehead atoms. The summed E-state index contributed by atoms with van der Waals surface area (Å²) in [5.41, 5.74) is 0.466. The molecule has 202 valence electrons. The maximum absolute atomic E-state index is 11.3. The third-order valence-electron chi connectivity index (χ3n) is 6.94. The number of ether oxygens (including phenoxy) is 1. The van der Waals surface area contributed by atoms with Crippen molar-refractivity contribution in [1.82, 2.24) is 0 Å². The number of carbonyl (C=O) groups is 1. The van der Waals surface area contributed by atoms with Crippen LogP contribution in [0.4, 0.5) is 0 Å². The highest BCUT2D eigenvalue weighted by Crippen LogP contribution is 2.16. The Hall–Kier alpha value is -0.910. The molecule has 2 N–H and O–H groups in total. The summed E-state index contributed by atoms with van der Waals surface area (Å²) in [6.07, 6.45) is 23.6. The van der Waals surface area contributed by atoms with E-state index in [0.29, 0.717) is 16.7 Å². The lowest BCUT2D eigenvalue weighted by Gasteiger charge is -2.34. The normalized spacial score (nSPS) is 11.6. The zero-order chi connectivity index (χ0) is 25.3. The molecular weight excluding hydrogens is 426 g/mol. The number of rotatable bonds is 26. The molecule has 0 aromatic heterocycles. The van der Waals surface area contributed by atoms with Crippen molar-refractivity contribution in [2.24, 2.45) is 0 Å². The minimum absolute atomic E-state index is 0.0512. The monoisotopic (exact) mass is 484 g/mol. The molecule has 0 rings (SSSR count). The summed E-state index contributed by atoms with van der Waals surface area (Å²) in [5.74, 6) is -0.284. The van der Waals surface area contributed by atoms with Gasteiger partial charge in [-0.1, -0.05) is 103 Å². The minimum Gasteiger partial charge on any atom is -0.462 e. The average Bonchev–Trinajstić information content (AvgIpc) is 2.84. The van der Waals surface area contributed by atoms with E-state index in [1.54, 1.807) is 6.92 Å². The summed E-state index contributed by atoms with van der Waals surface area (Å²) in [5, 5.41) is 19.8. The molecule has 0 atom stereocenters. The van der Waals surface area contributed by atoms with Gasteiger partial charge in [-0.3, -0.25) is 4.48 Å². The van der Waals surface area contributed by atoms with E-state index in [1.807, 2.05) is 0 Å². The van der Waals surface area contributed by atoms with Crippen LogP contribution in [-0.2, 0) is 9.53 Å². The number of hydrogen-bond donors (Lipinski definition) is 2. The number of aliphatic hydroxyl groups is 2. The maximum Gasteiger partial charge on any atom is 0.333 e. The molecule has 0 aliphatic carbocycles. The molecule has 0 aromatic rings. The summed E-state index contributed by atoms with van der Waals surface area (Å²) in [4.78, 5) is 11.3. The Morgan fingerprint density at radius 1 is 0.647 bits per heavy atom. The van der Waals surface area contributed by atoms with Crippen molar-refractivity contribution < 1.29 is 24.2 Å². The second-order valence-corrected chi connectivity index (χ2v) is 10.4. The third-order valence-corrected chi connectivity index (χ3v) is 6.94. The van der Waals surface area contributed by atoms with Gasteiger partial charge in [-0.15, -0.1) is 0 Å². The first-order valence-corrected chi connectivity index (χ1v) is 14.4. The summed E-state index contributed by atoms with van der Waals surface area (Å²) < 4.78 is 5.56. The highest BCUT2D eigenvalue weighted by Gasteiger charge is 2.24. The van der Waals surface area contributed by atoms with E-state index >= 15 is 0 Å². The van der Waals surface area contributed by atoms with Gasteiger partial charge in [0, 0.05) is 5.57 Å². The Kier molecular flexibility index (Phi) is 23.2. The van der Waals surface area contributed by atoms with Crippen LogP contribution in [0.3, 0.4) is 0 Å². The molecule has 0 aromatic carbocycles. The van der Waals surface area contributed by atoms with Crippen molar-refractivity contribution in [3.05, 3.63) is 12.2 Å². The lowest BCUT2D eigenvalue weighted by molar-refractivity contribution is -0.961. The summed E-state index contributed by atoms with van der Waals surface area (Å²) in [7, 11) is 0. The van der Waals surface area contributed by atoms with Crippen LogP contribution in [0, 0.1) is 0 Å². The molecule has 0 amide bonds. The van der Waals surface area contributed by atoms with Crippen LogP contribution in [0.1, 0.15) is 136 Å². The van der Waals surface area contributed by atoms with E-state index in [2.05, 4.69) is 13.5 Å². The van der Waals surface area contributed by atoms with E-state index in [4.69, 9.17) is 4.74 Å². The molecular formula is C29H58NO4+. The average molecular weight is 485 g/mol. The van der Waals surface area contributed by atoms with Crippen LogP contribution < -0.4 is 0 Å². The SMILES string of the molecule is C=C(C)C(=O)OCCCCCCCCCCC[N+](CO)(CO)CCCCCCCCCCCC. The van der Waals surface area contributed by atoms with E-state index in [9.17, 15) is 15.0 Å². The zero-order valence-electron chi connectivity index (χ0n) is 22.8. The number of carbonyl (C=O) groups excluding carboxylic acids is 1. The van der Waals surface area contributed by atoms with E-state index in [1.165, 1.54) is 96.3 Å². The summed E-state index contributed by atoms with van der Waals surface area (Å²) in [6, 6.07) is 0. The van der Waals surface area contributed by atoms with Gasteiger partial charge in [0.15, 0.2) is 13.5 Å². The standard InChI is InChI=1S/C29H58NO4/c1-4-5-6-7-8-9-11-14-17-20-23-30(26-31,27-32)24-21-18-15-12-10-13-16-19-22-25-34-29(33)28(2)3/h31-32H,2,4-27H2,1,3H3/q+1. The fraction of sp³-hybridized carbons (Fsp3) is 0.897. The van der Waals surface area contributed by atoms with Crippen molar-refractivity contribution in [3.63, 3.8) is 0 Å². The van der Waals surface area contributed by atoms with Gasteiger partial charge in [-0.2, -0.15) is 0 Å². The van der Waals surface area contributed by atoms with Crippen LogP contribution in [0.5, 0.6) is 0 Å². The van der Waals surface area contributed by atoms with Crippen LogP contribution in [0.25, 0.3) is 0 Å². The van der Waals surface area contributed by atoms with E-state index < -0.39 is 0 Å². The van der Waals surface area contributed by atoms with Gasteiger partial charge in [0.2, 0.25) is 0 Å². The van der Waals surface area contributed by atoms with Gasteiger partial charge in [0.1, 0.15) is 0 Å². The second kappa shape index (κ2) is 23.8. The Bertz CT molecular complexity index is 477. The highest BCUT2D eigenvalue weighted by molar-refractivity contribution is 5.86. The van der Waals surface area contributed by atoms with Gasteiger partial charge in [-0.25, -0.2) is 4.79 Å². The van der Waals surface area contributed by atoms with Crippen LogP contribution in [0.15, 0.2) is 12.2 Å². The first-order valence-electron chi connectivity index (χ1n) is 14.4.